The highest BCUT2D eigenvalue weighted by Gasteiger charge is 2.11. The molecule has 3 aromatic rings. The van der Waals surface area contributed by atoms with Crippen LogP contribution in [0.4, 0.5) is 0 Å². The summed E-state index contributed by atoms with van der Waals surface area (Å²) in [5.74, 6) is 1.64. The van der Waals surface area contributed by atoms with Gasteiger partial charge in [0, 0.05) is 4.88 Å². The summed E-state index contributed by atoms with van der Waals surface area (Å²) in [5, 5.41) is 0. The topological polar surface area (TPSA) is 35.2 Å². The maximum absolute atomic E-state index is 6.28. The van der Waals surface area contributed by atoms with Gasteiger partial charge in [0.15, 0.2) is 0 Å². The van der Waals surface area contributed by atoms with E-state index in [4.69, 9.17) is 10.5 Å². The lowest BCUT2D eigenvalue weighted by atomic mass is 10.1. The monoisotopic (exact) mass is 359 g/mol. The average Bonchev–Trinajstić information content (AvgIpc) is 2.95. The molecule has 0 aliphatic heterocycles. The molecule has 106 valence electrons. The predicted molar refractivity (Wildman–Crippen MR) is 91.0 cm³/mol. The van der Waals surface area contributed by atoms with Gasteiger partial charge in [0.05, 0.1) is 9.83 Å². The second-order valence-corrected chi connectivity index (χ2v) is 7.10. The third kappa shape index (κ3) is 3.53. The summed E-state index contributed by atoms with van der Waals surface area (Å²) >= 11 is 5.12. The Bertz CT molecular complexity index is 709. The molecule has 0 spiro atoms. The molecule has 0 fully saturated rings. The average molecular weight is 360 g/mol. The van der Waals surface area contributed by atoms with Crippen molar-refractivity contribution in [2.24, 2.45) is 5.73 Å². The normalized spacial score (nSPS) is 12.1. The summed E-state index contributed by atoms with van der Waals surface area (Å²) in [6, 6.07) is 21.6. The zero-order chi connectivity index (χ0) is 14.7. The smallest absolute Gasteiger partial charge is 0.127 e. The molecule has 0 radical (unpaired) electrons. The Morgan fingerprint density at radius 3 is 2.14 bits per heavy atom. The molecule has 3 rings (SSSR count). The van der Waals surface area contributed by atoms with E-state index in [1.165, 1.54) is 0 Å². The van der Waals surface area contributed by atoms with Crippen molar-refractivity contribution in [3.05, 3.63) is 81.0 Å². The molecule has 1 unspecified atom stereocenters. The van der Waals surface area contributed by atoms with Gasteiger partial charge in [0.2, 0.25) is 0 Å². The van der Waals surface area contributed by atoms with Crippen molar-refractivity contribution in [1.82, 2.24) is 0 Å². The summed E-state index contributed by atoms with van der Waals surface area (Å²) in [4.78, 5) is 1.14. The van der Waals surface area contributed by atoms with Gasteiger partial charge < -0.3 is 10.5 Å². The molecule has 0 amide bonds. The number of halogens is 1. The van der Waals surface area contributed by atoms with E-state index in [1.807, 2.05) is 66.7 Å². The third-order valence-electron chi connectivity index (χ3n) is 3.12. The Balaban J connectivity index is 1.75. The van der Waals surface area contributed by atoms with Crippen molar-refractivity contribution in [1.29, 1.82) is 0 Å². The number of hydrogen-bond donors (Lipinski definition) is 1. The highest BCUT2D eigenvalue weighted by Crippen LogP contribution is 2.31. The number of hydrogen-bond acceptors (Lipinski definition) is 3. The van der Waals surface area contributed by atoms with Crippen molar-refractivity contribution in [3.8, 4) is 11.5 Å². The van der Waals surface area contributed by atoms with Gasteiger partial charge in [-0.1, -0.05) is 30.3 Å². The lowest BCUT2D eigenvalue weighted by molar-refractivity contribution is 0.482. The van der Waals surface area contributed by atoms with E-state index in [9.17, 15) is 0 Å². The van der Waals surface area contributed by atoms with Gasteiger partial charge in [0.25, 0.3) is 0 Å². The zero-order valence-electron chi connectivity index (χ0n) is 11.2. The first-order valence-corrected chi connectivity index (χ1v) is 8.17. The second-order valence-electron chi connectivity index (χ2n) is 4.60. The van der Waals surface area contributed by atoms with Gasteiger partial charge in [0.1, 0.15) is 11.5 Å². The van der Waals surface area contributed by atoms with Crippen LogP contribution in [0.2, 0.25) is 0 Å². The van der Waals surface area contributed by atoms with E-state index in [-0.39, 0.29) is 6.04 Å². The van der Waals surface area contributed by atoms with Gasteiger partial charge in [-0.2, -0.15) is 0 Å². The number of benzene rings is 2. The molecule has 2 aromatic carbocycles. The minimum atomic E-state index is -0.105. The molecule has 4 heteroatoms. The fourth-order valence-electron chi connectivity index (χ4n) is 2.03. The van der Waals surface area contributed by atoms with Crippen LogP contribution in [-0.4, -0.2) is 0 Å². The molecule has 1 aromatic heterocycles. The molecule has 21 heavy (non-hydrogen) atoms. The Kier molecular flexibility index (Phi) is 4.39. The largest absolute Gasteiger partial charge is 0.457 e. The maximum atomic E-state index is 6.28. The molecule has 0 saturated carbocycles. The van der Waals surface area contributed by atoms with Gasteiger partial charge in [-0.15, -0.1) is 11.3 Å². The van der Waals surface area contributed by atoms with Gasteiger partial charge in [-0.3, -0.25) is 0 Å². The molecular weight excluding hydrogens is 346 g/mol. The van der Waals surface area contributed by atoms with Crippen LogP contribution in [0.1, 0.15) is 16.5 Å². The minimum absolute atomic E-state index is 0.105. The summed E-state index contributed by atoms with van der Waals surface area (Å²) in [6.45, 7) is 0. The number of para-hydroxylation sites is 1. The molecule has 0 aliphatic rings. The first-order valence-electron chi connectivity index (χ1n) is 6.56. The van der Waals surface area contributed by atoms with Crippen LogP contribution < -0.4 is 10.5 Å². The zero-order valence-corrected chi connectivity index (χ0v) is 13.6. The van der Waals surface area contributed by atoms with E-state index in [1.54, 1.807) is 11.3 Å². The Hall–Kier alpha value is -1.62. The number of nitrogens with two attached hydrogens (primary N) is 1. The minimum Gasteiger partial charge on any atom is -0.457 e. The molecule has 2 N–H and O–H groups in total. The summed E-state index contributed by atoms with van der Waals surface area (Å²) in [7, 11) is 0. The van der Waals surface area contributed by atoms with Gasteiger partial charge in [-0.25, -0.2) is 0 Å². The summed E-state index contributed by atoms with van der Waals surface area (Å²) < 4.78 is 6.87. The highest BCUT2D eigenvalue weighted by molar-refractivity contribution is 9.11. The Morgan fingerprint density at radius 2 is 1.52 bits per heavy atom. The molecule has 1 heterocycles. The molecule has 2 nitrogen and oxygen atoms in total. The number of rotatable bonds is 4. The van der Waals surface area contributed by atoms with Crippen molar-refractivity contribution in [3.63, 3.8) is 0 Å². The number of ether oxygens (including phenoxy) is 1. The van der Waals surface area contributed by atoms with E-state index < -0.39 is 0 Å². The first kappa shape index (κ1) is 14.3. The first-order chi connectivity index (χ1) is 10.2. The summed E-state index contributed by atoms with van der Waals surface area (Å²) in [5.41, 5.74) is 7.35. The van der Waals surface area contributed by atoms with Crippen LogP contribution in [-0.2, 0) is 0 Å². The van der Waals surface area contributed by atoms with Crippen LogP contribution in [0.25, 0.3) is 0 Å². The second kappa shape index (κ2) is 6.43. The third-order valence-corrected chi connectivity index (χ3v) is 4.83. The standard InChI is InChI=1S/C17H14BrNOS/c18-16-11-10-15(21-16)17(19)12-6-8-14(9-7-12)20-13-4-2-1-3-5-13/h1-11,17H,19H2. The van der Waals surface area contributed by atoms with Crippen molar-refractivity contribution >= 4 is 27.3 Å². The number of thiophene rings is 1. The molecule has 0 bridgehead atoms. The van der Waals surface area contributed by atoms with Crippen LogP contribution in [0.5, 0.6) is 11.5 Å². The SMILES string of the molecule is NC(c1ccc(Oc2ccccc2)cc1)c1ccc(Br)s1. The lowest BCUT2D eigenvalue weighted by Crippen LogP contribution is -2.09. The Morgan fingerprint density at radius 1 is 0.857 bits per heavy atom. The van der Waals surface area contributed by atoms with Crippen LogP contribution >= 0.6 is 27.3 Å². The van der Waals surface area contributed by atoms with Crippen molar-refractivity contribution in [2.45, 2.75) is 6.04 Å². The highest BCUT2D eigenvalue weighted by atomic mass is 79.9. The molecule has 0 saturated heterocycles. The van der Waals surface area contributed by atoms with Crippen LogP contribution in [0, 0.1) is 0 Å². The van der Waals surface area contributed by atoms with Gasteiger partial charge >= 0.3 is 0 Å². The van der Waals surface area contributed by atoms with E-state index in [0.717, 1.165) is 25.7 Å². The molecule has 0 aliphatic carbocycles. The van der Waals surface area contributed by atoms with E-state index in [0.29, 0.717) is 0 Å². The van der Waals surface area contributed by atoms with E-state index in [2.05, 4.69) is 15.9 Å². The predicted octanol–water partition coefficient (Wildman–Crippen LogP) is 5.35. The summed E-state index contributed by atoms with van der Waals surface area (Å²) in [6.07, 6.45) is 0. The quantitative estimate of drug-likeness (QED) is 0.681. The van der Waals surface area contributed by atoms with Crippen molar-refractivity contribution < 1.29 is 4.74 Å². The fourth-order valence-corrected chi connectivity index (χ4v) is 3.48. The Labute approximate surface area is 136 Å². The van der Waals surface area contributed by atoms with Gasteiger partial charge in [-0.05, 0) is 57.9 Å². The van der Waals surface area contributed by atoms with Crippen molar-refractivity contribution in [2.75, 3.05) is 0 Å². The molecular formula is C17H14BrNOS. The molecule has 1 atom stereocenters. The lowest BCUT2D eigenvalue weighted by Gasteiger charge is -2.11. The van der Waals surface area contributed by atoms with Crippen LogP contribution in [0.3, 0.4) is 0 Å². The fraction of sp³-hybridized carbons (Fsp3) is 0.0588. The van der Waals surface area contributed by atoms with Crippen LogP contribution in [0.15, 0.2) is 70.5 Å². The maximum Gasteiger partial charge on any atom is 0.127 e. The van der Waals surface area contributed by atoms with E-state index >= 15 is 0 Å².